The number of hydrogen-bond acceptors (Lipinski definition) is 4. The molecule has 5 nitrogen and oxygen atoms in total. The van der Waals surface area contributed by atoms with Crippen LogP contribution in [0.25, 0.3) is 11.3 Å². The number of hydrogen-bond donors (Lipinski definition) is 1. The first-order valence-corrected chi connectivity index (χ1v) is 8.68. The Bertz CT molecular complexity index is 751. The number of carbonyl (C=O) groups is 1. The topological polar surface area (TPSA) is 50.2 Å². The van der Waals surface area contributed by atoms with Crippen LogP contribution in [-0.4, -0.2) is 47.8 Å². The highest BCUT2D eigenvalue weighted by atomic mass is 32.2. The smallest absolute Gasteiger partial charge is 0.272 e. The van der Waals surface area contributed by atoms with Crippen LogP contribution in [0, 0.1) is 6.92 Å². The minimum absolute atomic E-state index is 0.0830. The van der Waals surface area contributed by atoms with E-state index in [1.807, 2.05) is 30.7 Å². The van der Waals surface area contributed by atoms with Gasteiger partial charge >= 0.3 is 0 Å². The van der Waals surface area contributed by atoms with Gasteiger partial charge < -0.3 is 10.2 Å². The molecule has 0 aliphatic carbocycles. The molecule has 1 aliphatic rings. The van der Waals surface area contributed by atoms with Crippen molar-refractivity contribution < 1.29 is 4.79 Å². The zero-order valence-corrected chi connectivity index (χ0v) is 14.8. The summed E-state index contributed by atoms with van der Waals surface area (Å²) in [6, 6.07) is 6.46. The molecule has 1 aromatic carbocycles. The number of carbonyl (C=O) groups excluding carboxylic acids is 1. The summed E-state index contributed by atoms with van der Waals surface area (Å²) in [4.78, 5) is 15.8. The van der Waals surface area contributed by atoms with Crippen LogP contribution < -0.4 is 5.32 Å². The van der Waals surface area contributed by atoms with Crippen LogP contribution in [0.3, 0.4) is 0 Å². The molecule has 0 saturated heterocycles. The molecule has 1 aliphatic heterocycles. The van der Waals surface area contributed by atoms with Gasteiger partial charge in [-0.3, -0.25) is 9.48 Å². The number of nitrogens with zero attached hydrogens (tertiary/aromatic N) is 3. The second-order valence-corrected chi connectivity index (χ2v) is 7.16. The van der Waals surface area contributed by atoms with Crippen molar-refractivity contribution in [2.45, 2.75) is 17.6 Å². The van der Waals surface area contributed by atoms with Crippen LogP contribution in [-0.2, 0) is 12.8 Å². The van der Waals surface area contributed by atoms with E-state index in [4.69, 9.17) is 0 Å². The highest BCUT2D eigenvalue weighted by Gasteiger charge is 2.27. The Morgan fingerprint density at radius 1 is 1.43 bits per heavy atom. The Balaban J connectivity index is 1.92. The number of aryl methyl sites for hydroxylation is 2. The predicted molar refractivity (Wildman–Crippen MR) is 93.8 cm³/mol. The molecule has 1 amide bonds. The maximum absolute atomic E-state index is 12.5. The monoisotopic (exact) mass is 330 g/mol. The summed E-state index contributed by atoms with van der Waals surface area (Å²) in [7, 11) is 5.90. The fraction of sp³-hybridized carbons (Fsp3) is 0.412. The fourth-order valence-electron chi connectivity index (χ4n) is 2.81. The molecule has 6 heteroatoms. The summed E-state index contributed by atoms with van der Waals surface area (Å²) in [6.07, 6.45) is 0. The SMILES string of the molecule is Cc1ccc2c(c1)-c1c(c(C(=O)NCCN(C)C)nn1C)CS2. The molecule has 0 spiro atoms. The van der Waals surface area contributed by atoms with Crippen molar-refractivity contribution in [3.8, 4) is 11.3 Å². The molecule has 2 aromatic rings. The Morgan fingerprint density at radius 2 is 2.22 bits per heavy atom. The van der Waals surface area contributed by atoms with E-state index >= 15 is 0 Å². The first-order valence-electron chi connectivity index (χ1n) is 7.70. The highest BCUT2D eigenvalue weighted by Crippen LogP contribution is 2.42. The molecule has 0 saturated carbocycles. The Morgan fingerprint density at radius 3 is 2.96 bits per heavy atom. The van der Waals surface area contributed by atoms with Gasteiger partial charge in [0.1, 0.15) is 0 Å². The van der Waals surface area contributed by atoms with Gasteiger partial charge in [0.15, 0.2) is 5.69 Å². The van der Waals surface area contributed by atoms with Gasteiger partial charge in [-0.25, -0.2) is 0 Å². The van der Waals surface area contributed by atoms with Gasteiger partial charge in [-0.15, -0.1) is 11.8 Å². The summed E-state index contributed by atoms with van der Waals surface area (Å²) in [5.41, 5.74) is 5.06. The van der Waals surface area contributed by atoms with Crippen molar-refractivity contribution in [1.29, 1.82) is 0 Å². The number of benzene rings is 1. The molecule has 1 N–H and O–H groups in total. The molecule has 1 aromatic heterocycles. The maximum atomic E-state index is 12.5. The summed E-state index contributed by atoms with van der Waals surface area (Å²) in [5.74, 6) is 0.704. The second kappa shape index (κ2) is 6.37. The lowest BCUT2D eigenvalue weighted by atomic mass is 10.0. The average molecular weight is 330 g/mol. The van der Waals surface area contributed by atoms with Crippen molar-refractivity contribution in [1.82, 2.24) is 20.0 Å². The quantitative estimate of drug-likeness (QED) is 0.934. The van der Waals surface area contributed by atoms with E-state index in [1.54, 1.807) is 11.8 Å². The van der Waals surface area contributed by atoms with Gasteiger partial charge in [-0.1, -0.05) is 11.6 Å². The average Bonchev–Trinajstić information content (AvgIpc) is 2.84. The molecule has 122 valence electrons. The van der Waals surface area contributed by atoms with E-state index in [-0.39, 0.29) is 5.91 Å². The molecule has 2 heterocycles. The lowest BCUT2D eigenvalue weighted by Crippen LogP contribution is -2.32. The zero-order chi connectivity index (χ0) is 16.6. The summed E-state index contributed by atoms with van der Waals surface area (Å²) < 4.78 is 1.84. The number of thioether (sulfide) groups is 1. The molecular weight excluding hydrogens is 308 g/mol. The number of fused-ring (bicyclic) bond motifs is 3. The van der Waals surface area contributed by atoms with Gasteiger partial charge in [-0.05, 0) is 33.2 Å². The number of aromatic nitrogens is 2. The van der Waals surface area contributed by atoms with Crippen LogP contribution in [0.5, 0.6) is 0 Å². The largest absolute Gasteiger partial charge is 0.349 e. The van der Waals surface area contributed by atoms with Crippen molar-refractivity contribution in [2.24, 2.45) is 7.05 Å². The number of nitrogens with one attached hydrogen (secondary N) is 1. The van der Waals surface area contributed by atoms with Crippen molar-refractivity contribution in [2.75, 3.05) is 27.2 Å². The Labute approximate surface area is 141 Å². The Kier molecular flexibility index (Phi) is 4.46. The molecule has 3 rings (SSSR count). The molecule has 0 fully saturated rings. The second-order valence-electron chi connectivity index (χ2n) is 6.15. The highest BCUT2D eigenvalue weighted by molar-refractivity contribution is 7.98. The third-order valence-electron chi connectivity index (χ3n) is 3.97. The number of amides is 1. The van der Waals surface area contributed by atoms with Gasteiger partial charge in [0.25, 0.3) is 5.91 Å². The van der Waals surface area contributed by atoms with Crippen LogP contribution in [0.1, 0.15) is 21.6 Å². The van der Waals surface area contributed by atoms with Gasteiger partial charge in [-0.2, -0.15) is 5.10 Å². The van der Waals surface area contributed by atoms with Gasteiger partial charge in [0, 0.05) is 41.9 Å². The van der Waals surface area contributed by atoms with E-state index in [0.717, 1.165) is 23.6 Å². The van der Waals surface area contributed by atoms with E-state index in [9.17, 15) is 4.79 Å². The van der Waals surface area contributed by atoms with E-state index in [1.165, 1.54) is 16.0 Å². The van der Waals surface area contributed by atoms with Gasteiger partial charge in [0.05, 0.1) is 5.69 Å². The Hall–Kier alpha value is -1.79. The van der Waals surface area contributed by atoms with E-state index in [0.29, 0.717) is 12.2 Å². The molecule has 23 heavy (non-hydrogen) atoms. The first-order chi connectivity index (χ1) is 11.0. The lowest BCUT2D eigenvalue weighted by Gasteiger charge is -2.18. The molecule has 0 unspecified atom stereocenters. The number of likely N-dealkylation sites (N-methyl/N-ethyl adjacent to an activating group) is 1. The summed E-state index contributed by atoms with van der Waals surface area (Å²) in [6.45, 7) is 3.53. The zero-order valence-electron chi connectivity index (χ0n) is 14.0. The minimum Gasteiger partial charge on any atom is -0.349 e. The van der Waals surface area contributed by atoms with Crippen molar-refractivity contribution in [3.63, 3.8) is 0 Å². The lowest BCUT2D eigenvalue weighted by molar-refractivity contribution is 0.0944. The normalized spacial score (nSPS) is 12.9. The molecule has 0 radical (unpaired) electrons. The van der Waals surface area contributed by atoms with Crippen LogP contribution in [0.15, 0.2) is 23.1 Å². The molecule has 0 bridgehead atoms. The van der Waals surface area contributed by atoms with Crippen LogP contribution in [0.2, 0.25) is 0 Å². The van der Waals surface area contributed by atoms with E-state index in [2.05, 4.69) is 35.5 Å². The third-order valence-corrected chi connectivity index (χ3v) is 5.07. The van der Waals surface area contributed by atoms with Crippen molar-refractivity contribution >= 4 is 17.7 Å². The summed E-state index contributed by atoms with van der Waals surface area (Å²) in [5, 5.41) is 7.46. The first kappa shape index (κ1) is 16.1. The number of rotatable bonds is 4. The van der Waals surface area contributed by atoms with Crippen molar-refractivity contribution in [3.05, 3.63) is 35.0 Å². The predicted octanol–water partition coefficient (Wildman–Crippen LogP) is 2.29. The van der Waals surface area contributed by atoms with E-state index < -0.39 is 0 Å². The fourth-order valence-corrected chi connectivity index (χ4v) is 3.85. The maximum Gasteiger partial charge on any atom is 0.272 e. The third kappa shape index (κ3) is 3.14. The molecule has 0 atom stereocenters. The van der Waals surface area contributed by atoms with Crippen LogP contribution >= 0.6 is 11.8 Å². The van der Waals surface area contributed by atoms with Gasteiger partial charge in [0.2, 0.25) is 0 Å². The standard InChI is InChI=1S/C17H22N4OS/c1-11-5-6-14-12(9-11)16-13(10-23-14)15(19-21(16)4)17(22)18-7-8-20(2)3/h5-6,9H,7-8,10H2,1-4H3,(H,18,22). The minimum atomic E-state index is -0.0830. The van der Waals surface area contributed by atoms with Crippen LogP contribution in [0.4, 0.5) is 0 Å². The summed E-state index contributed by atoms with van der Waals surface area (Å²) >= 11 is 1.77. The molecular formula is C17H22N4OS.